The number of hydrogen-bond acceptors (Lipinski definition) is 2. The third-order valence-electron chi connectivity index (χ3n) is 4.76. The topological polar surface area (TPSA) is 57.2 Å². The average Bonchev–Trinajstić information content (AvgIpc) is 2.95. The summed E-state index contributed by atoms with van der Waals surface area (Å²) in [7, 11) is 1.68. The summed E-state index contributed by atoms with van der Waals surface area (Å²) in [4.78, 5) is 12.0. The summed E-state index contributed by atoms with van der Waals surface area (Å²) in [6, 6.07) is 19.6. The van der Waals surface area contributed by atoms with Crippen LogP contribution in [-0.4, -0.2) is 17.6 Å². The van der Waals surface area contributed by atoms with Gasteiger partial charge in [-0.25, -0.2) is 0 Å². The lowest BCUT2D eigenvalue weighted by atomic mass is 10.0. The fourth-order valence-corrected chi connectivity index (χ4v) is 3.85. The quantitative estimate of drug-likeness (QED) is 0.545. The van der Waals surface area contributed by atoms with Gasteiger partial charge in [-0.15, -0.1) is 0 Å². The van der Waals surface area contributed by atoms with Crippen molar-refractivity contribution < 1.29 is 9.53 Å². The molecule has 0 saturated carbocycles. The van der Waals surface area contributed by atoms with Crippen molar-refractivity contribution in [3.05, 3.63) is 82.4 Å². The molecular formula is C22H19ClN2O2. The Morgan fingerprint density at radius 2 is 1.85 bits per heavy atom. The van der Waals surface area contributed by atoms with Crippen molar-refractivity contribution in [3.8, 4) is 0 Å². The highest BCUT2D eigenvalue weighted by Crippen LogP contribution is 2.33. The van der Waals surface area contributed by atoms with Crippen LogP contribution >= 0.6 is 11.6 Å². The van der Waals surface area contributed by atoms with Crippen LogP contribution in [-0.2, 0) is 17.9 Å². The number of primary amides is 1. The molecule has 0 aliphatic heterocycles. The Bertz CT molecular complexity index is 1160. The monoisotopic (exact) mass is 378 g/mol. The molecule has 0 fully saturated rings. The molecule has 2 N–H and O–H groups in total. The fourth-order valence-electron chi connectivity index (χ4n) is 3.64. The third kappa shape index (κ3) is 3.18. The van der Waals surface area contributed by atoms with E-state index in [1.807, 2.05) is 48.5 Å². The largest absolute Gasteiger partial charge is 0.380 e. The Balaban J connectivity index is 2.02. The van der Waals surface area contributed by atoms with Gasteiger partial charge in [-0.2, -0.15) is 0 Å². The van der Waals surface area contributed by atoms with Gasteiger partial charge in [0.15, 0.2) is 0 Å². The molecule has 0 atom stereocenters. The normalized spacial score (nSPS) is 11.3. The van der Waals surface area contributed by atoms with Crippen LogP contribution in [0.3, 0.4) is 0 Å². The van der Waals surface area contributed by atoms with E-state index in [9.17, 15) is 4.79 Å². The molecule has 5 heteroatoms. The number of nitrogens with zero attached hydrogens (tertiary/aromatic N) is 1. The van der Waals surface area contributed by atoms with E-state index in [1.165, 1.54) is 0 Å². The third-order valence-corrected chi connectivity index (χ3v) is 5.00. The fraction of sp³-hybridized carbons (Fsp3) is 0.136. The Morgan fingerprint density at radius 1 is 1.04 bits per heavy atom. The van der Waals surface area contributed by atoms with Crippen molar-refractivity contribution >= 4 is 39.3 Å². The molecule has 4 nitrogen and oxygen atoms in total. The first-order chi connectivity index (χ1) is 13.1. The minimum absolute atomic E-state index is 0.427. The van der Waals surface area contributed by atoms with E-state index < -0.39 is 5.91 Å². The number of aromatic nitrogens is 1. The van der Waals surface area contributed by atoms with Crippen molar-refractivity contribution in [2.45, 2.75) is 13.2 Å². The zero-order chi connectivity index (χ0) is 19.0. The number of fused-ring (bicyclic) bond motifs is 3. The number of hydrogen-bond donors (Lipinski definition) is 1. The van der Waals surface area contributed by atoms with Gasteiger partial charge < -0.3 is 15.0 Å². The Kier molecular flexibility index (Phi) is 4.60. The van der Waals surface area contributed by atoms with Crippen LogP contribution in [0.5, 0.6) is 0 Å². The predicted molar refractivity (Wildman–Crippen MR) is 109 cm³/mol. The summed E-state index contributed by atoms with van der Waals surface area (Å²) in [6.45, 7) is 1.16. The number of nitrogens with two attached hydrogens (primary N) is 1. The molecule has 0 radical (unpaired) electrons. The zero-order valence-electron chi connectivity index (χ0n) is 14.9. The van der Waals surface area contributed by atoms with Crippen LogP contribution < -0.4 is 5.73 Å². The van der Waals surface area contributed by atoms with E-state index in [0.29, 0.717) is 23.7 Å². The second kappa shape index (κ2) is 7.06. The van der Waals surface area contributed by atoms with Crippen LogP contribution in [0.25, 0.3) is 21.8 Å². The molecule has 4 rings (SSSR count). The summed E-state index contributed by atoms with van der Waals surface area (Å²) in [5, 5.41) is 2.58. The van der Waals surface area contributed by atoms with Gasteiger partial charge in [-0.1, -0.05) is 41.9 Å². The number of carbonyl (C=O) groups excluding carboxylic acids is 1. The summed E-state index contributed by atoms with van der Waals surface area (Å²) >= 11 is 6.17. The van der Waals surface area contributed by atoms with Crippen molar-refractivity contribution in [2.75, 3.05) is 7.11 Å². The van der Waals surface area contributed by atoms with Crippen LogP contribution in [0, 0.1) is 0 Å². The van der Waals surface area contributed by atoms with E-state index in [2.05, 4.69) is 10.6 Å². The molecule has 0 bridgehead atoms. The molecular weight excluding hydrogens is 360 g/mol. The average molecular weight is 379 g/mol. The molecule has 0 aliphatic carbocycles. The van der Waals surface area contributed by atoms with Crippen LogP contribution in [0.1, 0.15) is 21.5 Å². The predicted octanol–water partition coefficient (Wildman–Crippen LogP) is 4.74. The van der Waals surface area contributed by atoms with E-state index in [4.69, 9.17) is 22.1 Å². The number of carbonyl (C=O) groups is 1. The van der Waals surface area contributed by atoms with Crippen LogP contribution in [0.4, 0.5) is 0 Å². The highest BCUT2D eigenvalue weighted by atomic mass is 35.5. The van der Waals surface area contributed by atoms with Crippen molar-refractivity contribution in [1.82, 2.24) is 4.57 Å². The number of rotatable bonds is 5. The molecule has 0 saturated heterocycles. The summed E-state index contributed by atoms with van der Waals surface area (Å²) < 4.78 is 7.48. The smallest absolute Gasteiger partial charge is 0.249 e. The first-order valence-corrected chi connectivity index (χ1v) is 9.03. The molecule has 27 heavy (non-hydrogen) atoms. The molecule has 1 heterocycles. The zero-order valence-corrected chi connectivity index (χ0v) is 15.7. The lowest BCUT2D eigenvalue weighted by molar-refractivity contribution is 0.100. The number of methoxy groups -OCH3 is 1. The Labute approximate surface area is 162 Å². The molecule has 4 aromatic rings. The number of halogens is 1. The molecule has 136 valence electrons. The molecule has 0 spiro atoms. The van der Waals surface area contributed by atoms with Gasteiger partial charge in [0.25, 0.3) is 0 Å². The van der Waals surface area contributed by atoms with Crippen molar-refractivity contribution in [1.29, 1.82) is 0 Å². The molecule has 1 aromatic heterocycles. The van der Waals surface area contributed by atoms with E-state index in [0.717, 1.165) is 32.9 Å². The maximum Gasteiger partial charge on any atom is 0.249 e. The summed E-state index contributed by atoms with van der Waals surface area (Å²) in [6.07, 6.45) is 0. The Morgan fingerprint density at radius 3 is 2.59 bits per heavy atom. The van der Waals surface area contributed by atoms with Gasteiger partial charge in [0, 0.05) is 40.5 Å². The van der Waals surface area contributed by atoms with Crippen molar-refractivity contribution in [3.63, 3.8) is 0 Å². The van der Waals surface area contributed by atoms with Crippen LogP contribution in [0.15, 0.2) is 60.7 Å². The number of benzene rings is 3. The molecule has 3 aromatic carbocycles. The Hall–Kier alpha value is -2.82. The molecule has 0 unspecified atom stereocenters. The van der Waals surface area contributed by atoms with Gasteiger partial charge in [0.1, 0.15) is 0 Å². The van der Waals surface area contributed by atoms with Gasteiger partial charge in [-0.05, 0) is 41.5 Å². The number of ether oxygens (including phenoxy) is 1. The molecule has 0 aliphatic rings. The first kappa shape index (κ1) is 17.6. The van der Waals surface area contributed by atoms with Crippen molar-refractivity contribution in [2.24, 2.45) is 5.73 Å². The van der Waals surface area contributed by atoms with Gasteiger partial charge in [0.05, 0.1) is 12.1 Å². The second-order valence-corrected chi connectivity index (χ2v) is 7.00. The highest BCUT2D eigenvalue weighted by Gasteiger charge is 2.17. The number of amides is 1. The second-order valence-electron chi connectivity index (χ2n) is 6.56. The maximum absolute atomic E-state index is 12.0. The van der Waals surface area contributed by atoms with E-state index in [-0.39, 0.29) is 0 Å². The summed E-state index contributed by atoms with van der Waals surface area (Å²) in [5.74, 6) is -0.427. The van der Waals surface area contributed by atoms with Gasteiger partial charge in [0.2, 0.25) is 5.91 Å². The molecule has 1 amide bonds. The summed E-state index contributed by atoms with van der Waals surface area (Å²) in [5.41, 5.74) is 10.3. The first-order valence-electron chi connectivity index (χ1n) is 8.65. The lowest BCUT2D eigenvalue weighted by Crippen LogP contribution is -2.11. The minimum atomic E-state index is -0.427. The van der Waals surface area contributed by atoms with Gasteiger partial charge >= 0.3 is 0 Å². The van der Waals surface area contributed by atoms with E-state index in [1.54, 1.807) is 13.2 Å². The maximum atomic E-state index is 12.0. The highest BCUT2D eigenvalue weighted by molar-refractivity contribution is 6.30. The van der Waals surface area contributed by atoms with Gasteiger partial charge in [-0.3, -0.25) is 4.79 Å². The SMILES string of the molecule is COCc1ccc2c3c(C(N)=O)cccc3n(Cc3cccc(Cl)c3)c2c1. The minimum Gasteiger partial charge on any atom is -0.380 e. The van der Waals surface area contributed by atoms with E-state index >= 15 is 0 Å². The standard InChI is InChI=1S/C22H19ClN2O2/c1-27-13-15-8-9-17-20(11-15)25(12-14-4-2-5-16(23)10-14)19-7-3-6-18(21(17)19)22(24)26/h2-11H,12-13H2,1H3,(H2,24,26). The lowest BCUT2D eigenvalue weighted by Gasteiger charge is -2.09. The van der Waals surface area contributed by atoms with Crippen LogP contribution in [0.2, 0.25) is 5.02 Å².